The third kappa shape index (κ3) is 4.53. The molecule has 0 aliphatic carbocycles. The fourth-order valence-electron chi connectivity index (χ4n) is 2.80. The minimum absolute atomic E-state index is 0.147. The average Bonchev–Trinajstić information content (AvgIpc) is 2.61. The lowest BCUT2D eigenvalue weighted by molar-refractivity contribution is -0.143. The van der Waals surface area contributed by atoms with Gasteiger partial charge in [0.25, 0.3) is 0 Å². The molecule has 0 bridgehead atoms. The summed E-state index contributed by atoms with van der Waals surface area (Å²) in [6.07, 6.45) is 1.66. The molecule has 24 heavy (non-hydrogen) atoms. The van der Waals surface area contributed by atoms with Crippen LogP contribution in [0.1, 0.15) is 18.4 Å². The second-order valence-corrected chi connectivity index (χ2v) is 5.76. The Labute approximate surface area is 141 Å². The molecule has 1 aromatic rings. The molecule has 0 aromatic heterocycles. The Morgan fingerprint density at radius 2 is 1.96 bits per heavy atom. The molecule has 1 fully saturated rings. The Morgan fingerprint density at radius 3 is 2.54 bits per heavy atom. The Hall–Kier alpha value is -2.44. The van der Waals surface area contributed by atoms with Crippen molar-refractivity contribution in [2.45, 2.75) is 19.3 Å². The summed E-state index contributed by atoms with van der Waals surface area (Å²) >= 11 is 0. The molecule has 2 N–H and O–H groups in total. The summed E-state index contributed by atoms with van der Waals surface area (Å²) in [5, 5.41) is 11.9. The first kappa shape index (κ1) is 17.9. The number of nitrogens with one attached hydrogen (secondary N) is 1. The van der Waals surface area contributed by atoms with Crippen molar-refractivity contribution in [3.63, 3.8) is 0 Å². The number of rotatable bonds is 6. The molecule has 1 aliphatic rings. The van der Waals surface area contributed by atoms with E-state index < -0.39 is 5.97 Å². The van der Waals surface area contributed by atoms with Crippen LogP contribution in [0.5, 0.6) is 11.5 Å². The SMILES string of the molecule is COc1ccc(CCNC(=O)N2CCC(C(=O)O)CC2)c(OC)c1. The van der Waals surface area contributed by atoms with Gasteiger partial charge in [0.05, 0.1) is 20.1 Å². The fourth-order valence-corrected chi connectivity index (χ4v) is 2.80. The van der Waals surface area contributed by atoms with Crippen molar-refractivity contribution in [3.8, 4) is 11.5 Å². The van der Waals surface area contributed by atoms with E-state index in [2.05, 4.69) is 5.32 Å². The average molecular weight is 336 g/mol. The number of likely N-dealkylation sites (tertiary alicyclic amines) is 1. The van der Waals surface area contributed by atoms with Crippen molar-refractivity contribution in [1.82, 2.24) is 10.2 Å². The first-order chi connectivity index (χ1) is 11.5. The molecule has 0 atom stereocenters. The zero-order valence-electron chi connectivity index (χ0n) is 14.1. The predicted molar refractivity (Wildman–Crippen MR) is 88.6 cm³/mol. The molecule has 0 radical (unpaired) electrons. The largest absolute Gasteiger partial charge is 0.497 e. The zero-order valence-corrected chi connectivity index (χ0v) is 14.1. The van der Waals surface area contributed by atoms with Crippen molar-refractivity contribution in [2.24, 2.45) is 5.92 Å². The van der Waals surface area contributed by atoms with Crippen molar-refractivity contribution >= 4 is 12.0 Å². The van der Waals surface area contributed by atoms with Gasteiger partial charge in [-0.1, -0.05) is 6.07 Å². The molecule has 1 aliphatic heterocycles. The van der Waals surface area contributed by atoms with E-state index in [1.54, 1.807) is 19.1 Å². The molecule has 2 rings (SSSR count). The number of carbonyl (C=O) groups is 2. The summed E-state index contributed by atoms with van der Waals surface area (Å²) in [6.45, 7) is 1.45. The molecule has 2 amide bonds. The highest BCUT2D eigenvalue weighted by Crippen LogP contribution is 2.24. The molecular formula is C17H24N2O5. The lowest BCUT2D eigenvalue weighted by Gasteiger charge is -2.30. The summed E-state index contributed by atoms with van der Waals surface area (Å²) in [5.41, 5.74) is 0.989. The van der Waals surface area contributed by atoms with E-state index in [9.17, 15) is 9.59 Å². The summed E-state index contributed by atoms with van der Waals surface area (Å²) in [4.78, 5) is 24.7. The number of hydrogen-bond acceptors (Lipinski definition) is 4. The van der Waals surface area contributed by atoms with E-state index in [0.29, 0.717) is 38.9 Å². The van der Waals surface area contributed by atoms with Crippen LogP contribution in [0.15, 0.2) is 18.2 Å². The number of piperidine rings is 1. The van der Waals surface area contributed by atoms with Gasteiger partial charge in [0.2, 0.25) is 0 Å². The van der Waals surface area contributed by atoms with E-state index >= 15 is 0 Å². The number of ether oxygens (including phenoxy) is 2. The second kappa shape index (κ2) is 8.42. The number of carboxylic acid groups (broad SMARTS) is 1. The first-order valence-corrected chi connectivity index (χ1v) is 8.01. The van der Waals surface area contributed by atoms with Gasteiger partial charge in [0, 0.05) is 25.7 Å². The maximum atomic E-state index is 12.1. The van der Waals surface area contributed by atoms with Crippen LogP contribution >= 0.6 is 0 Å². The highest BCUT2D eigenvalue weighted by molar-refractivity contribution is 5.75. The number of urea groups is 1. The third-order valence-corrected chi connectivity index (χ3v) is 4.30. The van der Waals surface area contributed by atoms with Crippen molar-refractivity contribution in [2.75, 3.05) is 33.9 Å². The summed E-state index contributed by atoms with van der Waals surface area (Å²) in [7, 11) is 3.20. The lowest BCUT2D eigenvalue weighted by Crippen LogP contribution is -2.45. The Kier molecular flexibility index (Phi) is 6.28. The lowest BCUT2D eigenvalue weighted by atomic mass is 9.97. The van der Waals surface area contributed by atoms with Crippen molar-refractivity contribution in [3.05, 3.63) is 23.8 Å². The first-order valence-electron chi connectivity index (χ1n) is 8.01. The number of carbonyl (C=O) groups excluding carboxylic acids is 1. The summed E-state index contributed by atoms with van der Waals surface area (Å²) in [6, 6.07) is 5.44. The smallest absolute Gasteiger partial charge is 0.317 e. The van der Waals surface area contributed by atoms with Crippen LogP contribution < -0.4 is 14.8 Å². The molecular weight excluding hydrogens is 312 g/mol. The monoisotopic (exact) mass is 336 g/mol. The van der Waals surface area contributed by atoms with Crippen LogP contribution in [0.4, 0.5) is 4.79 Å². The minimum Gasteiger partial charge on any atom is -0.497 e. The summed E-state index contributed by atoms with van der Waals surface area (Å²) < 4.78 is 10.5. The minimum atomic E-state index is -0.776. The molecule has 1 aromatic carbocycles. The molecule has 0 saturated carbocycles. The molecule has 0 spiro atoms. The van der Waals surface area contributed by atoms with Crippen LogP contribution in [0.3, 0.4) is 0 Å². The van der Waals surface area contributed by atoms with E-state index in [0.717, 1.165) is 17.1 Å². The number of methoxy groups -OCH3 is 2. The number of aliphatic carboxylic acids is 1. The second-order valence-electron chi connectivity index (χ2n) is 5.76. The van der Waals surface area contributed by atoms with Crippen LogP contribution in [0.25, 0.3) is 0 Å². The molecule has 1 heterocycles. The van der Waals surface area contributed by atoms with Crippen molar-refractivity contribution < 1.29 is 24.2 Å². The van der Waals surface area contributed by atoms with Crippen LogP contribution in [0, 0.1) is 5.92 Å². The number of carboxylic acids is 1. The number of hydrogen-bond donors (Lipinski definition) is 2. The van der Waals surface area contributed by atoms with Crippen LogP contribution in [0.2, 0.25) is 0 Å². The molecule has 0 unspecified atom stereocenters. The van der Waals surface area contributed by atoms with Gasteiger partial charge in [-0.2, -0.15) is 0 Å². The van der Waals surface area contributed by atoms with E-state index in [1.165, 1.54) is 0 Å². The zero-order chi connectivity index (χ0) is 17.5. The molecule has 132 valence electrons. The van der Waals surface area contributed by atoms with Gasteiger partial charge in [-0.15, -0.1) is 0 Å². The quantitative estimate of drug-likeness (QED) is 0.826. The van der Waals surface area contributed by atoms with Crippen LogP contribution in [-0.4, -0.2) is 55.9 Å². The highest BCUT2D eigenvalue weighted by atomic mass is 16.5. The van der Waals surface area contributed by atoms with Gasteiger partial charge in [-0.3, -0.25) is 4.79 Å². The number of amides is 2. The predicted octanol–water partition coefficient (Wildman–Crippen LogP) is 1.75. The normalized spacial score (nSPS) is 15.0. The van der Waals surface area contributed by atoms with Gasteiger partial charge >= 0.3 is 12.0 Å². The Balaban J connectivity index is 1.80. The van der Waals surface area contributed by atoms with Crippen LogP contribution in [-0.2, 0) is 11.2 Å². The van der Waals surface area contributed by atoms with Gasteiger partial charge in [-0.25, -0.2) is 4.79 Å². The maximum Gasteiger partial charge on any atom is 0.317 e. The number of nitrogens with zero attached hydrogens (tertiary/aromatic N) is 1. The molecule has 1 saturated heterocycles. The van der Waals surface area contributed by atoms with Gasteiger partial charge in [0.1, 0.15) is 11.5 Å². The molecule has 7 nitrogen and oxygen atoms in total. The van der Waals surface area contributed by atoms with Gasteiger partial charge in [-0.05, 0) is 30.9 Å². The Bertz CT molecular complexity index is 582. The third-order valence-electron chi connectivity index (χ3n) is 4.30. The maximum absolute atomic E-state index is 12.1. The fraction of sp³-hybridized carbons (Fsp3) is 0.529. The van der Waals surface area contributed by atoms with E-state index in [1.807, 2.05) is 18.2 Å². The number of benzene rings is 1. The van der Waals surface area contributed by atoms with Gasteiger partial charge < -0.3 is 24.8 Å². The topological polar surface area (TPSA) is 88.1 Å². The summed E-state index contributed by atoms with van der Waals surface area (Å²) in [5.74, 6) is 0.339. The Morgan fingerprint density at radius 1 is 1.25 bits per heavy atom. The van der Waals surface area contributed by atoms with E-state index in [-0.39, 0.29) is 11.9 Å². The molecule has 7 heteroatoms. The van der Waals surface area contributed by atoms with Crippen molar-refractivity contribution in [1.29, 1.82) is 0 Å². The van der Waals surface area contributed by atoms with E-state index in [4.69, 9.17) is 14.6 Å². The highest BCUT2D eigenvalue weighted by Gasteiger charge is 2.26. The standard InChI is InChI=1S/C17H24N2O5/c1-23-14-4-3-12(15(11-14)24-2)5-8-18-17(22)19-9-6-13(7-10-19)16(20)21/h3-4,11,13H,5-10H2,1-2H3,(H,18,22)(H,20,21). The van der Waals surface area contributed by atoms with Gasteiger partial charge in [0.15, 0.2) is 0 Å².